The second kappa shape index (κ2) is 9.10. The molecule has 3 aliphatic rings. The molecule has 0 bridgehead atoms. The van der Waals surface area contributed by atoms with Gasteiger partial charge in [-0.15, -0.1) is 0 Å². The fraction of sp³-hybridized carbons (Fsp3) is 0.857. The molecular formula is C28H48O2. The average Bonchev–Trinajstić information content (AvgIpc) is 2.98. The van der Waals surface area contributed by atoms with Crippen LogP contribution in [0.1, 0.15) is 112 Å². The Labute approximate surface area is 186 Å². The molecule has 0 aromatic carbocycles. The van der Waals surface area contributed by atoms with Crippen molar-refractivity contribution < 1.29 is 10.2 Å². The van der Waals surface area contributed by atoms with E-state index in [0.29, 0.717) is 11.3 Å². The van der Waals surface area contributed by atoms with Crippen molar-refractivity contribution in [3.63, 3.8) is 0 Å². The molecule has 0 heterocycles. The standard InChI is InChI=1S/C28H48O2/c1-20(9-7-15-26(3,4)30)24-12-13-25-21(2)10-11-22-19-23(29)14-18-27(22,5)16-8-17-28(24,25)6/h10-11,20,23-25,29-30H,7-9,12-19H2,1-6H3/b21-10+,22-11-/t20-,23+,24-,25+,27+,28-/m1/s1. The van der Waals surface area contributed by atoms with Crippen LogP contribution in [-0.2, 0) is 0 Å². The van der Waals surface area contributed by atoms with Crippen LogP contribution in [0.2, 0.25) is 0 Å². The van der Waals surface area contributed by atoms with E-state index in [2.05, 4.69) is 39.8 Å². The van der Waals surface area contributed by atoms with Gasteiger partial charge < -0.3 is 10.2 Å². The van der Waals surface area contributed by atoms with Crippen LogP contribution < -0.4 is 0 Å². The monoisotopic (exact) mass is 416 g/mol. The van der Waals surface area contributed by atoms with Gasteiger partial charge in [0.2, 0.25) is 0 Å². The van der Waals surface area contributed by atoms with E-state index in [1.165, 1.54) is 44.1 Å². The van der Waals surface area contributed by atoms with Crippen molar-refractivity contribution in [3.05, 3.63) is 23.3 Å². The highest BCUT2D eigenvalue weighted by molar-refractivity contribution is 5.27. The predicted octanol–water partition coefficient (Wildman–Crippen LogP) is 7.20. The molecule has 0 aliphatic heterocycles. The van der Waals surface area contributed by atoms with Crippen molar-refractivity contribution in [1.29, 1.82) is 0 Å². The average molecular weight is 417 g/mol. The number of fused-ring (bicyclic) bond motifs is 2. The number of allylic oxidation sites excluding steroid dienone is 3. The Morgan fingerprint density at radius 3 is 2.53 bits per heavy atom. The van der Waals surface area contributed by atoms with Crippen LogP contribution in [0.3, 0.4) is 0 Å². The first kappa shape index (κ1) is 24.1. The van der Waals surface area contributed by atoms with Gasteiger partial charge in [-0.3, -0.25) is 0 Å². The van der Waals surface area contributed by atoms with E-state index in [1.54, 1.807) is 5.57 Å². The fourth-order valence-corrected chi connectivity index (χ4v) is 7.37. The molecule has 0 aromatic rings. The highest BCUT2D eigenvalue weighted by Crippen LogP contribution is 2.58. The summed E-state index contributed by atoms with van der Waals surface area (Å²) < 4.78 is 0. The summed E-state index contributed by atoms with van der Waals surface area (Å²) in [6, 6.07) is 0. The topological polar surface area (TPSA) is 40.5 Å². The maximum absolute atomic E-state index is 10.2. The number of hydrogen-bond acceptors (Lipinski definition) is 2. The number of aliphatic hydroxyl groups is 2. The van der Waals surface area contributed by atoms with Gasteiger partial charge in [0, 0.05) is 0 Å². The van der Waals surface area contributed by atoms with Gasteiger partial charge in [0.05, 0.1) is 11.7 Å². The highest BCUT2D eigenvalue weighted by atomic mass is 16.3. The van der Waals surface area contributed by atoms with E-state index in [0.717, 1.165) is 43.9 Å². The van der Waals surface area contributed by atoms with Crippen molar-refractivity contribution in [2.45, 2.75) is 124 Å². The van der Waals surface area contributed by atoms with Gasteiger partial charge in [-0.25, -0.2) is 0 Å². The third-order valence-electron chi connectivity index (χ3n) is 9.35. The zero-order valence-corrected chi connectivity index (χ0v) is 20.6. The van der Waals surface area contributed by atoms with Crippen molar-refractivity contribution in [2.24, 2.45) is 28.6 Å². The Morgan fingerprint density at radius 1 is 1.10 bits per heavy atom. The minimum atomic E-state index is -0.537. The Bertz CT molecular complexity index is 654. The van der Waals surface area contributed by atoms with Crippen molar-refractivity contribution >= 4 is 0 Å². The SMILES string of the molecule is C/C1=C\C=C2\C[C@@H](O)CC[C@]2(C)CCC[C@]2(C)[C@@H]([C@H](C)CCCC(C)(C)O)CC[C@@H]12. The largest absolute Gasteiger partial charge is 0.393 e. The molecule has 2 heteroatoms. The van der Waals surface area contributed by atoms with E-state index >= 15 is 0 Å². The number of hydrogen-bond donors (Lipinski definition) is 2. The van der Waals surface area contributed by atoms with Crippen LogP contribution in [0.5, 0.6) is 0 Å². The normalized spacial score (nSPS) is 42.3. The second-order valence-electron chi connectivity index (χ2n) is 12.3. The van der Waals surface area contributed by atoms with Gasteiger partial charge >= 0.3 is 0 Å². The van der Waals surface area contributed by atoms with Crippen molar-refractivity contribution in [3.8, 4) is 0 Å². The molecule has 0 unspecified atom stereocenters. The number of rotatable bonds is 5. The Morgan fingerprint density at radius 2 is 1.83 bits per heavy atom. The maximum atomic E-state index is 10.2. The van der Waals surface area contributed by atoms with Gasteiger partial charge in [-0.2, -0.15) is 0 Å². The molecule has 2 fully saturated rings. The summed E-state index contributed by atoms with van der Waals surface area (Å²) in [7, 11) is 0. The van der Waals surface area contributed by atoms with Gasteiger partial charge in [0.1, 0.15) is 0 Å². The Hall–Kier alpha value is -0.600. The first-order valence-electron chi connectivity index (χ1n) is 12.7. The molecule has 30 heavy (non-hydrogen) atoms. The zero-order chi connectivity index (χ0) is 22.2. The van der Waals surface area contributed by atoms with Crippen LogP contribution >= 0.6 is 0 Å². The van der Waals surface area contributed by atoms with E-state index in [1.807, 2.05) is 13.8 Å². The number of aliphatic hydroxyl groups excluding tert-OH is 1. The van der Waals surface area contributed by atoms with E-state index in [-0.39, 0.29) is 11.5 Å². The highest BCUT2D eigenvalue weighted by Gasteiger charge is 2.48. The van der Waals surface area contributed by atoms with Gasteiger partial charge in [0.15, 0.2) is 0 Å². The zero-order valence-electron chi connectivity index (χ0n) is 20.6. The Kier molecular flexibility index (Phi) is 7.30. The first-order chi connectivity index (χ1) is 13.9. The summed E-state index contributed by atoms with van der Waals surface area (Å²) in [5.74, 6) is 2.20. The summed E-state index contributed by atoms with van der Waals surface area (Å²) in [5.41, 5.74) is 3.17. The summed E-state index contributed by atoms with van der Waals surface area (Å²) in [4.78, 5) is 0. The van der Waals surface area contributed by atoms with Gasteiger partial charge in [-0.1, -0.05) is 63.3 Å². The summed E-state index contributed by atoms with van der Waals surface area (Å²) >= 11 is 0. The van der Waals surface area contributed by atoms with Crippen LogP contribution in [0.4, 0.5) is 0 Å². The van der Waals surface area contributed by atoms with E-state index < -0.39 is 5.60 Å². The van der Waals surface area contributed by atoms with E-state index in [4.69, 9.17) is 0 Å². The molecule has 0 spiro atoms. The molecule has 2 nitrogen and oxygen atoms in total. The Balaban J connectivity index is 1.79. The van der Waals surface area contributed by atoms with Gasteiger partial charge in [0.25, 0.3) is 0 Å². The molecule has 3 aliphatic carbocycles. The summed E-state index contributed by atoms with van der Waals surface area (Å²) in [6.07, 6.45) is 17.4. The molecular weight excluding hydrogens is 368 g/mol. The predicted molar refractivity (Wildman–Crippen MR) is 127 cm³/mol. The minimum absolute atomic E-state index is 0.146. The lowest BCUT2D eigenvalue weighted by atomic mass is 9.61. The quantitative estimate of drug-likeness (QED) is 0.497. The first-order valence-corrected chi connectivity index (χ1v) is 12.7. The van der Waals surface area contributed by atoms with Crippen molar-refractivity contribution in [1.82, 2.24) is 0 Å². The lowest BCUT2D eigenvalue weighted by molar-refractivity contribution is 0.0602. The van der Waals surface area contributed by atoms with Crippen LogP contribution in [-0.4, -0.2) is 21.9 Å². The third kappa shape index (κ3) is 5.23. The molecule has 0 saturated heterocycles. The van der Waals surface area contributed by atoms with E-state index in [9.17, 15) is 10.2 Å². The second-order valence-corrected chi connectivity index (χ2v) is 12.3. The van der Waals surface area contributed by atoms with Gasteiger partial charge in [-0.05, 0) is 101 Å². The van der Waals surface area contributed by atoms with Crippen molar-refractivity contribution in [2.75, 3.05) is 0 Å². The molecule has 2 saturated carbocycles. The lowest BCUT2D eigenvalue weighted by Gasteiger charge is -2.44. The molecule has 172 valence electrons. The lowest BCUT2D eigenvalue weighted by Crippen LogP contribution is -2.35. The molecule has 0 amide bonds. The molecule has 0 aromatic heterocycles. The minimum Gasteiger partial charge on any atom is -0.393 e. The molecule has 6 atom stereocenters. The molecule has 3 rings (SSSR count). The maximum Gasteiger partial charge on any atom is 0.0591 e. The molecule has 2 N–H and O–H groups in total. The summed E-state index contributed by atoms with van der Waals surface area (Å²) in [6.45, 7) is 13.8. The fourth-order valence-electron chi connectivity index (χ4n) is 7.37. The van der Waals surface area contributed by atoms with Crippen LogP contribution in [0.25, 0.3) is 0 Å². The van der Waals surface area contributed by atoms with Crippen LogP contribution in [0.15, 0.2) is 23.3 Å². The third-order valence-corrected chi connectivity index (χ3v) is 9.35. The summed E-state index contributed by atoms with van der Waals surface area (Å²) in [5, 5.41) is 20.3. The smallest absolute Gasteiger partial charge is 0.0591 e. The molecule has 0 radical (unpaired) electrons. The van der Waals surface area contributed by atoms with Crippen LogP contribution in [0, 0.1) is 28.6 Å².